The number of amides is 1. The monoisotopic (exact) mass is 442 g/mol. The van der Waals surface area contributed by atoms with Gasteiger partial charge in [0, 0.05) is 22.5 Å². The smallest absolute Gasteiger partial charge is 0.303 e. The van der Waals surface area contributed by atoms with Crippen LogP contribution in [0, 0.1) is 0 Å². The molecule has 0 aliphatic heterocycles. The van der Waals surface area contributed by atoms with Crippen LogP contribution in [-0.2, 0) is 22.6 Å². The lowest BCUT2D eigenvalue weighted by atomic mass is 10.1. The molecule has 0 bridgehead atoms. The predicted octanol–water partition coefficient (Wildman–Crippen LogP) is 4.48. The number of aryl methyl sites for hydroxylation is 1. The Morgan fingerprint density at radius 2 is 1.77 bits per heavy atom. The topological polar surface area (TPSA) is 89.8 Å². The summed E-state index contributed by atoms with van der Waals surface area (Å²) in [4.78, 5) is 24.0. The van der Waals surface area contributed by atoms with Crippen molar-refractivity contribution >= 4 is 29.2 Å². The number of rotatable bonds is 9. The van der Waals surface area contributed by atoms with E-state index in [0.29, 0.717) is 28.6 Å². The molecular weight excluding hydrogens is 420 g/mol. The van der Waals surface area contributed by atoms with Gasteiger partial charge in [-0.15, -0.1) is 0 Å². The summed E-state index contributed by atoms with van der Waals surface area (Å²) < 4.78 is 12.4. The van der Waals surface area contributed by atoms with Gasteiger partial charge in [0.15, 0.2) is 0 Å². The molecule has 31 heavy (non-hydrogen) atoms. The number of carboxylic acids is 1. The van der Waals surface area contributed by atoms with Gasteiger partial charge in [0.1, 0.15) is 18.0 Å². The van der Waals surface area contributed by atoms with Crippen LogP contribution in [0.2, 0.25) is 5.02 Å². The molecule has 0 radical (unpaired) electrons. The Hall–Kier alpha value is -3.45. The second kappa shape index (κ2) is 10.0. The Balaban J connectivity index is 1.89. The molecule has 1 aromatic heterocycles. The zero-order valence-electron chi connectivity index (χ0n) is 17.2. The van der Waals surface area contributed by atoms with Gasteiger partial charge in [-0.05, 0) is 48.4 Å². The van der Waals surface area contributed by atoms with E-state index in [2.05, 4.69) is 5.32 Å². The fourth-order valence-corrected chi connectivity index (χ4v) is 3.39. The average molecular weight is 443 g/mol. The van der Waals surface area contributed by atoms with E-state index in [1.165, 1.54) is 7.11 Å². The van der Waals surface area contributed by atoms with Crippen LogP contribution in [0.5, 0.6) is 11.5 Å². The first-order valence-corrected chi connectivity index (χ1v) is 9.97. The largest absolute Gasteiger partial charge is 0.497 e. The van der Waals surface area contributed by atoms with E-state index in [4.69, 9.17) is 26.2 Å². The van der Waals surface area contributed by atoms with Gasteiger partial charge in [-0.25, -0.2) is 0 Å². The van der Waals surface area contributed by atoms with E-state index in [0.717, 1.165) is 17.0 Å². The third kappa shape index (κ3) is 5.58. The van der Waals surface area contributed by atoms with Crippen molar-refractivity contribution in [3.8, 4) is 22.8 Å². The highest BCUT2D eigenvalue weighted by Gasteiger charge is 2.16. The number of aromatic nitrogens is 1. The zero-order valence-corrected chi connectivity index (χ0v) is 18.0. The molecule has 0 unspecified atom stereocenters. The second-order valence-electron chi connectivity index (χ2n) is 6.81. The number of benzene rings is 2. The maximum absolute atomic E-state index is 12.9. The van der Waals surface area contributed by atoms with Gasteiger partial charge in [-0.1, -0.05) is 23.7 Å². The summed E-state index contributed by atoms with van der Waals surface area (Å²) >= 11 is 6.00. The number of carboxylic acid groups (broad SMARTS) is 1. The molecule has 0 atom stereocenters. The number of aliphatic carboxylic acids is 1. The lowest BCUT2D eigenvalue weighted by Gasteiger charge is -2.15. The molecule has 0 spiro atoms. The number of nitrogens with zero attached hydrogens (tertiary/aromatic N) is 1. The SMILES string of the molecule is COc1ccc(OC)c(NC(=O)Cn2c(CCC(=O)O)ccc2-c2ccc(Cl)cc2)c1. The molecule has 1 heterocycles. The quantitative estimate of drug-likeness (QED) is 0.510. The Kier molecular flexibility index (Phi) is 7.20. The number of nitrogens with one attached hydrogen (secondary N) is 1. The van der Waals surface area contributed by atoms with Crippen molar-refractivity contribution in [3.05, 3.63) is 65.3 Å². The van der Waals surface area contributed by atoms with Gasteiger partial charge in [0.05, 0.1) is 26.3 Å². The van der Waals surface area contributed by atoms with Crippen molar-refractivity contribution in [1.82, 2.24) is 4.57 Å². The van der Waals surface area contributed by atoms with Gasteiger partial charge in [-0.2, -0.15) is 0 Å². The van der Waals surface area contributed by atoms with Crippen LogP contribution in [0.15, 0.2) is 54.6 Å². The van der Waals surface area contributed by atoms with Crippen LogP contribution < -0.4 is 14.8 Å². The number of carbonyl (C=O) groups excluding carboxylic acids is 1. The van der Waals surface area contributed by atoms with Gasteiger partial charge < -0.3 is 24.5 Å². The summed E-state index contributed by atoms with van der Waals surface area (Å²) in [6.45, 7) is 0.000274. The molecule has 162 valence electrons. The molecule has 7 nitrogen and oxygen atoms in total. The number of ether oxygens (including phenoxy) is 2. The molecule has 2 N–H and O–H groups in total. The minimum atomic E-state index is -0.897. The molecule has 8 heteroatoms. The summed E-state index contributed by atoms with van der Waals surface area (Å²) in [5.41, 5.74) is 2.90. The molecule has 3 rings (SSSR count). The Labute approximate surface area is 185 Å². The number of anilines is 1. The van der Waals surface area contributed by atoms with Crippen molar-refractivity contribution < 1.29 is 24.2 Å². The lowest BCUT2D eigenvalue weighted by Crippen LogP contribution is -2.21. The lowest BCUT2D eigenvalue weighted by molar-refractivity contribution is -0.137. The maximum atomic E-state index is 12.9. The summed E-state index contributed by atoms with van der Waals surface area (Å²) in [6.07, 6.45) is 0.272. The third-order valence-electron chi connectivity index (χ3n) is 4.79. The molecule has 0 aliphatic carbocycles. The normalized spacial score (nSPS) is 10.5. The van der Waals surface area contributed by atoms with Crippen molar-refractivity contribution in [2.75, 3.05) is 19.5 Å². The van der Waals surface area contributed by atoms with E-state index >= 15 is 0 Å². The molecule has 3 aromatic rings. The number of carbonyl (C=O) groups is 2. The highest BCUT2D eigenvalue weighted by Crippen LogP contribution is 2.29. The van der Waals surface area contributed by atoms with E-state index < -0.39 is 5.97 Å². The Morgan fingerprint density at radius 1 is 1.03 bits per heavy atom. The molecule has 1 amide bonds. The zero-order chi connectivity index (χ0) is 22.4. The summed E-state index contributed by atoms with van der Waals surface area (Å²) in [5, 5.41) is 12.5. The average Bonchev–Trinajstić information content (AvgIpc) is 3.14. The van der Waals surface area contributed by atoms with Gasteiger partial charge in [0.2, 0.25) is 5.91 Å². The highest BCUT2D eigenvalue weighted by atomic mass is 35.5. The van der Waals surface area contributed by atoms with Crippen LogP contribution in [0.25, 0.3) is 11.3 Å². The fourth-order valence-electron chi connectivity index (χ4n) is 3.27. The van der Waals surface area contributed by atoms with E-state index in [-0.39, 0.29) is 18.9 Å². The summed E-state index contributed by atoms with van der Waals surface area (Å²) in [6, 6.07) is 16.1. The number of hydrogen-bond donors (Lipinski definition) is 2. The first-order chi connectivity index (χ1) is 14.9. The number of halogens is 1. The van der Waals surface area contributed by atoms with Gasteiger partial charge in [0.25, 0.3) is 0 Å². The van der Waals surface area contributed by atoms with Crippen LogP contribution in [-0.4, -0.2) is 35.8 Å². The van der Waals surface area contributed by atoms with Crippen molar-refractivity contribution in [2.24, 2.45) is 0 Å². The molecule has 0 saturated heterocycles. The highest BCUT2D eigenvalue weighted by molar-refractivity contribution is 6.30. The van der Waals surface area contributed by atoms with Gasteiger partial charge in [-0.3, -0.25) is 9.59 Å². The molecule has 2 aromatic carbocycles. The van der Waals surface area contributed by atoms with E-state index in [9.17, 15) is 9.59 Å². The third-order valence-corrected chi connectivity index (χ3v) is 5.04. The van der Waals surface area contributed by atoms with Crippen molar-refractivity contribution in [2.45, 2.75) is 19.4 Å². The van der Waals surface area contributed by atoms with Gasteiger partial charge >= 0.3 is 5.97 Å². The van der Waals surface area contributed by atoms with Crippen LogP contribution in [0.3, 0.4) is 0 Å². The molecule has 0 saturated carbocycles. The molecule has 0 fully saturated rings. The summed E-state index contributed by atoms with van der Waals surface area (Å²) in [7, 11) is 3.06. The Bertz CT molecular complexity index is 1080. The summed E-state index contributed by atoms with van der Waals surface area (Å²) in [5.74, 6) is -0.0901. The van der Waals surface area contributed by atoms with E-state index in [1.54, 1.807) is 37.4 Å². The first-order valence-electron chi connectivity index (χ1n) is 9.59. The fraction of sp³-hybridized carbons (Fsp3) is 0.217. The van der Waals surface area contributed by atoms with Crippen molar-refractivity contribution in [1.29, 1.82) is 0 Å². The maximum Gasteiger partial charge on any atom is 0.303 e. The minimum Gasteiger partial charge on any atom is -0.497 e. The number of methoxy groups -OCH3 is 2. The standard InChI is InChI=1S/C23H23ClN2O5/c1-30-18-9-11-21(31-2)19(13-18)25-22(27)14-26-17(8-12-23(28)29)7-10-20(26)15-3-5-16(24)6-4-15/h3-7,9-11,13H,8,12,14H2,1-2H3,(H,25,27)(H,28,29). The minimum absolute atomic E-state index is 0.000274. The van der Waals surface area contributed by atoms with E-state index in [1.807, 2.05) is 28.8 Å². The van der Waals surface area contributed by atoms with Crippen LogP contribution in [0.1, 0.15) is 12.1 Å². The first kappa shape index (κ1) is 22.2. The van der Waals surface area contributed by atoms with Crippen LogP contribution >= 0.6 is 11.6 Å². The molecular formula is C23H23ClN2O5. The predicted molar refractivity (Wildman–Crippen MR) is 119 cm³/mol. The van der Waals surface area contributed by atoms with Crippen LogP contribution in [0.4, 0.5) is 5.69 Å². The number of hydrogen-bond acceptors (Lipinski definition) is 4. The second-order valence-corrected chi connectivity index (χ2v) is 7.25. The Morgan fingerprint density at radius 3 is 2.42 bits per heavy atom. The molecule has 0 aliphatic rings. The van der Waals surface area contributed by atoms with Crippen molar-refractivity contribution in [3.63, 3.8) is 0 Å².